The van der Waals surface area contributed by atoms with Gasteiger partial charge in [0.05, 0.1) is 18.6 Å². The summed E-state index contributed by atoms with van der Waals surface area (Å²) in [6.45, 7) is 14.7. The van der Waals surface area contributed by atoms with Gasteiger partial charge in [-0.2, -0.15) is 0 Å². The maximum Gasteiger partial charge on any atom is 0.419 e. The molecule has 1 unspecified atom stereocenters. The van der Waals surface area contributed by atoms with Crippen LogP contribution < -0.4 is 5.73 Å². The summed E-state index contributed by atoms with van der Waals surface area (Å²) in [4.78, 5) is 52.3. The number of carboxylic acid groups (broad SMARTS) is 1. The molecule has 178 valence electrons. The monoisotopic (exact) mass is 443 g/mol. The molecule has 0 aliphatic carbocycles. The molecule has 3 amide bonds. The van der Waals surface area contributed by atoms with E-state index in [1.807, 2.05) is 0 Å². The average Bonchev–Trinajstić information content (AvgIpc) is 2.75. The van der Waals surface area contributed by atoms with Gasteiger partial charge in [0.1, 0.15) is 17.2 Å². The Bertz CT molecular complexity index is 688. The van der Waals surface area contributed by atoms with Crippen LogP contribution in [0, 0.1) is 5.41 Å². The van der Waals surface area contributed by atoms with E-state index in [-0.39, 0.29) is 13.0 Å². The SMILES string of the molecule is CC(C)(C)OC(=O)N(C[C@@H]1C[C@@H](N)C(=O)N1C(C(=O)O)C(C)(C)C)C(=O)OC(C)(C)C. The Morgan fingerprint density at radius 1 is 1.03 bits per heavy atom. The molecule has 1 heterocycles. The summed E-state index contributed by atoms with van der Waals surface area (Å²) in [6.07, 6.45) is -1.81. The van der Waals surface area contributed by atoms with Crippen LogP contribution in [-0.2, 0) is 19.1 Å². The number of imide groups is 1. The Balaban J connectivity index is 3.33. The van der Waals surface area contributed by atoms with Crippen molar-refractivity contribution in [3.63, 3.8) is 0 Å². The predicted molar refractivity (Wildman–Crippen MR) is 113 cm³/mol. The maximum atomic E-state index is 12.8. The summed E-state index contributed by atoms with van der Waals surface area (Å²) in [5, 5.41) is 9.82. The zero-order valence-electron chi connectivity index (χ0n) is 20.0. The van der Waals surface area contributed by atoms with Crippen molar-refractivity contribution in [1.82, 2.24) is 9.80 Å². The molecule has 1 rings (SSSR count). The van der Waals surface area contributed by atoms with E-state index in [1.165, 1.54) is 4.90 Å². The van der Waals surface area contributed by atoms with Crippen molar-refractivity contribution < 1.29 is 33.8 Å². The number of nitrogens with two attached hydrogens (primary N) is 1. The van der Waals surface area contributed by atoms with Gasteiger partial charge in [-0.15, -0.1) is 0 Å². The van der Waals surface area contributed by atoms with Gasteiger partial charge in [0.25, 0.3) is 0 Å². The smallest absolute Gasteiger partial charge is 0.419 e. The lowest BCUT2D eigenvalue weighted by atomic mass is 9.85. The van der Waals surface area contributed by atoms with Crippen LogP contribution in [0.2, 0.25) is 0 Å². The van der Waals surface area contributed by atoms with E-state index < -0.39 is 58.8 Å². The molecule has 3 N–H and O–H groups in total. The first-order chi connectivity index (χ1) is 13.7. The van der Waals surface area contributed by atoms with Gasteiger partial charge in [-0.3, -0.25) is 4.79 Å². The van der Waals surface area contributed by atoms with Crippen LogP contribution in [0.3, 0.4) is 0 Å². The Morgan fingerprint density at radius 3 is 1.77 bits per heavy atom. The van der Waals surface area contributed by atoms with E-state index in [0.29, 0.717) is 0 Å². The molecule has 10 nitrogen and oxygen atoms in total. The van der Waals surface area contributed by atoms with Crippen molar-refractivity contribution in [3.05, 3.63) is 0 Å². The Labute approximate surface area is 184 Å². The minimum Gasteiger partial charge on any atom is -0.480 e. The Morgan fingerprint density at radius 2 is 1.45 bits per heavy atom. The summed E-state index contributed by atoms with van der Waals surface area (Å²) in [7, 11) is 0. The number of amides is 3. The van der Waals surface area contributed by atoms with Crippen LogP contribution in [0.15, 0.2) is 0 Å². The molecule has 0 spiro atoms. The van der Waals surface area contributed by atoms with Crippen LogP contribution >= 0.6 is 0 Å². The lowest BCUT2D eigenvalue weighted by Gasteiger charge is -2.39. The lowest BCUT2D eigenvalue weighted by Crippen LogP contribution is -2.57. The zero-order valence-corrected chi connectivity index (χ0v) is 20.0. The van der Waals surface area contributed by atoms with Crippen LogP contribution in [0.4, 0.5) is 9.59 Å². The maximum absolute atomic E-state index is 12.8. The number of hydrogen-bond acceptors (Lipinski definition) is 7. The Hall–Kier alpha value is -2.36. The largest absolute Gasteiger partial charge is 0.480 e. The van der Waals surface area contributed by atoms with E-state index >= 15 is 0 Å². The van der Waals surface area contributed by atoms with Gasteiger partial charge in [-0.25, -0.2) is 19.3 Å². The number of aliphatic carboxylic acids is 1. The first-order valence-corrected chi connectivity index (χ1v) is 10.3. The number of likely N-dealkylation sites (tertiary alicyclic amines) is 1. The van der Waals surface area contributed by atoms with Crippen LogP contribution in [0.25, 0.3) is 0 Å². The van der Waals surface area contributed by atoms with Crippen molar-refractivity contribution in [2.45, 2.75) is 98.1 Å². The summed E-state index contributed by atoms with van der Waals surface area (Å²) < 4.78 is 10.7. The summed E-state index contributed by atoms with van der Waals surface area (Å²) >= 11 is 0. The van der Waals surface area contributed by atoms with Crippen molar-refractivity contribution in [1.29, 1.82) is 0 Å². The third-order valence-corrected chi connectivity index (χ3v) is 4.44. The highest BCUT2D eigenvalue weighted by Crippen LogP contribution is 2.32. The Kier molecular flexibility index (Phi) is 7.76. The fourth-order valence-electron chi connectivity index (χ4n) is 3.35. The molecule has 1 saturated heterocycles. The highest BCUT2D eigenvalue weighted by atomic mass is 16.6. The fourth-order valence-corrected chi connectivity index (χ4v) is 3.35. The van der Waals surface area contributed by atoms with E-state index in [2.05, 4.69) is 0 Å². The molecular formula is C21H37N3O7. The summed E-state index contributed by atoms with van der Waals surface area (Å²) in [6, 6.07) is -2.94. The molecule has 0 aromatic rings. The quantitative estimate of drug-likeness (QED) is 0.676. The van der Waals surface area contributed by atoms with E-state index in [1.54, 1.807) is 62.3 Å². The molecule has 1 fully saturated rings. The van der Waals surface area contributed by atoms with Crippen LogP contribution in [0.1, 0.15) is 68.7 Å². The molecule has 0 aromatic heterocycles. The number of carbonyl (C=O) groups excluding carboxylic acids is 3. The molecule has 0 saturated carbocycles. The third kappa shape index (κ3) is 7.37. The van der Waals surface area contributed by atoms with Crippen LogP contribution in [0.5, 0.6) is 0 Å². The molecule has 0 aromatic carbocycles. The molecule has 1 aliphatic rings. The third-order valence-electron chi connectivity index (χ3n) is 4.44. The van der Waals surface area contributed by atoms with Gasteiger partial charge in [0, 0.05) is 0 Å². The molecule has 3 atom stereocenters. The molecule has 0 bridgehead atoms. The first kappa shape index (κ1) is 26.7. The topological polar surface area (TPSA) is 139 Å². The van der Waals surface area contributed by atoms with Gasteiger partial charge in [0.15, 0.2) is 0 Å². The fraction of sp³-hybridized carbons (Fsp3) is 0.810. The second-order valence-corrected chi connectivity index (χ2v) is 10.9. The van der Waals surface area contributed by atoms with Crippen molar-refractivity contribution >= 4 is 24.1 Å². The highest BCUT2D eigenvalue weighted by molar-refractivity contribution is 5.91. The first-order valence-electron chi connectivity index (χ1n) is 10.3. The zero-order chi connectivity index (χ0) is 24.5. The molecule has 1 aliphatic heterocycles. The van der Waals surface area contributed by atoms with E-state index in [9.17, 15) is 24.3 Å². The van der Waals surface area contributed by atoms with Crippen molar-refractivity contribution in [2.24, 2.45) is 11.1 Å². The number of carbonyl (C=O) groups is 4. The lowest BCUT2D eigenvalue weighted by molar-refractivity contribution is -0.155. The molecular weight excluding hydrogens is 406 g/mol. The van der Waals surface area contributed by atoms with Crippen molar-refractivity contribution in [3.8, 4) is 0 Å². The van der Waals surface area contributed by atoms with Crippen molar-refractivity contribution in [2.75, 3.05) is 6.54 Å². The standard InChI is InChI=1S/C21H37N3O7/c1-19(2,3)14(16(26)27)24-12(10-13(22)15(24)25)11-23(17(28)30-20(4,5)6)18(29)31-21(7,8)9/h12-14H,10-11,22H2,1-9H3,(H,26,27)/t12-,13+,14?/m0/s1. The van der Waals surface area contributed by atoms with Gasteiger partial charge in [-0.1, -0.05) is 20.8 Å². The number of hydrogen-bond donors (Lipinski definition) is 2. The van der Waals surface area contributed by atoms with Crippen LogP contribution in [-0.4, -0.2) is 74.8 Å². The number of nitrogens with zero attached hydrogens (tertiary/aromatic N) is 2. The average molecular weight is 444 g/mol. The molecule has 10 heteroatoms. The highest BCUT2D eigenvalue weighted by Gasteiger charge is 2.50. The normalized spacial score (nSPS) is 21.0. The number of carboxylic acids is 1. The molecule has 31 heavy (non-hydrogen) atoms. The van der Waals surface area contributed by atoms with E-state index in [0.717, 1.165) is 4.90 Å². The second-order valence-electron chi connectivity index (χ2n) is 10.9. The predicted octanol–water partition coefficient (Wildman–Crippen LogP) is 2.59. The summed E-state index contributed by atoms with van der Waals surface area (Å²) in [5.41, 5.74) is 3.36. The number of rotatable bonds is 4. The van der Waals surface area contributed by atoms with Gasteiger partial charge >= 0.3 is 18.2 Å². The van der Waals surface area contributed by atoms with Gasteiger partial charge in [0.2, 0.25) is 5.91 Å². The minimum atomic E-state index is -1.20. The second kappa shape index (κ2) is 9.02. The van der Waals surface area contributed by atoms with E-state index in [4.69, 9.17) is 15.2 Å². The van der Waals surface area contributed by atoms with Gasteiger partial charge in [-0.05, 0) is 53.4 Å². The minimum absolute atomic E-state index is 0.0841. The summed E-state index contributed by atoms with van der Waals surface area (Å²) in [5.74, 6) is -1.73. The molecule has 0 radical (unpaired) electrons. The number of ether oxygens (including phenoxy) is 2. The van der Waals surface area contributed by atoms with Gasteiger partial charge < -0.3 is 25.2 Å².